The smallest absolute Gasteiger partial charge is 0.244 e. The lowest BCUT2D eigenvalue weighted by molar-refractivity contribution is -0.122. The van der Waals surface area contributed by atoms with Gasteiger partial charge in [0.1, 0.15) is 30.8 Å². The Balaban J connectivity index is 0.000000646. The molecule has 16 nitrogen and oxygen atoms in total. The zero-order valence-corrected chi connectivity index (χ0v) is 29.6. The first kappa shape index (κ1) is 41.7. The number of nitrogens with two attached hydrogens (primary N) is 3. The van der Waals surface area contributed by atoms with Crippen molar-refractivity contribution in [1.82, 2.24) is 20.2 Å². The molecule has 2 aliphatic rings. The van der Waals surface area contributed by atoms with Crippen molar-refractivity contribution in [2.75, 3.05) is 57.3 Å². The zero-order chi connectivity index (χ0) is 37.6. The molecule has 2 aliphatic heterocycles. The van der Waals surface area contributed by atoms with Gasteiger partial charge in [-0.25, -0.2) is 10.8 Å². The minimum Gasteiger partial charge on any atom is -0.497 e. The van der Waals surface area contributed by atoms with Gasteiger partial charge < -0.3 is 46.4 Å². The van der Waals surface area contributed by atoms with Crippen molar-refractivity contribution in [1.29, 1.82) is 5.26 Å². The van der Waals surface area contributed by atoms with Crippen molar-refractivity contribution in [3.05, 3.63) is 64.6 Å². The Kier molecular flexibility index (Phi) is 18.8. The number of H-pyrrole nitrogens is 1. The summed E-state index contributed by atoms with van der Waals surface area (Å²) >= 11 is 6.16. The average molecular weight is 724 g/mol. The van der Waals surface area contributed by atoms with Gasteiger partial charge in [-0.3, -0.25) is 14.6 Å². The van der Waals surface area contributed by atoms with Crippen LogP contribution in [0.15, 0.2) is 47.6 Å². The second kappa shape index (κ2) is 23.0. The van der Waals surface area contributed by atoms with Crippen LogP contribution in [0.2, 0.25) is 5.02 Å². The molecule has 0 spiro atoms. The van der Waals surface area contributed by atoms with Crippen LogP contribution in [0.4, 0.5) is 11.4 Å². The molecular weight excluding hydrogens is 678 g/mol. The number of carbonyl (C=O) groups is 3. The fourth-order valence-corrected chi connectivity index (χ4v) is 5.27. The average Bonchev–Trinajstić information content (AvgIpc) is 3.61. The number of morpholine rings is 1. The number of aromatic amines is 1. The van der Waals surface area contributed by atoms with Crippen molar-refractivity contribution < 1.29 is 23.9 Å². The van der Waals surface area contributed by atoms with Crippen molar-refractivity contribution in [3.8, 4) is 23.1 Å². The summed E-state index contributed by atoms with van der Waals surface area (Å²) in [5.41, 5.74) is 8.14. The molecule has 1 atom stereocenters. The number of anilines is 2. The molecule has 5 rings (SSSR count). The summed E-state index contributed by atoms with van der Waals surface area (Å²) in [7, 11) is 3.11. The number of aromatic nitrogens is 2. The molecular formula is C34H46ClN11O5. The van der Waals surface area contributed by atoms with Crippen LogP contribution in [-0.4, -0.2) is 87.3 Å². The number of amides is 2. The number of nitrogens with zero attached hydrogens (tertiary/aromatic N) is 5. The molecule has 1 aromatic heterocycles. The first-order chi connectivity index (χ1) is 24.9. The second-order valence-electron chi connectivity index (χ2n) is 10.7. The summed E-state index contributed by atoms with van der Waals surface area (Å²) < 4.78 is 10.4. The molecule has 51 heavy (non-hydrogen) atoms. The van der Waals surface area contributed by atoms with Crippen LogP contribution in [0.5, 0.6) is 5.75 Å². The summed E-state index contributed by atoms with van der Waals surface area (Å²) in [6.45, 7) is 5.66. The van der Waals surface area contributed by atoms with Crippen LogP contribution in [0.25, 0.3) is 17.3 Å². The van der Waals surface area contributed by atoms with Crippen LogP contribution in [0, 0.1) is 11.3 Å². The number of halogens is 1. The highest BCUT2D eigenvalue weighted by Crippen LogP contribution is 2.34. The SMILES string of the molecule is C=O.CN.COc1ccc2c(c1)NCCCCC[C@H](NC(=O)/C=C/c1cc(Cl)ccc1N(N)/C=N\N)c1nc(C#N)c-2[nH]1.O=CN1CCOCC1. The first-order valence-corrected chi connectivity index (χ1v) is 16.4. The molecule has 3 heterocycles. The lowest BCUT2D eigenvalue weighted by atomic mass is 10.1. The topological polar surface area (TPSA) is 243 Å². The van der Waals surface area contributed by atoms with Crippen LogP contribution < -0.4 is 37.8 Å². The van der Waals surface area contributed by atoms with E-state index in [-0.39, 0.29) is 11.6 Å². The molecule has 2 bridgehead atoms. The molecule has 1 fully saturated rings. The quantitative estimate of drug-likeness (QED) is 0.0515. The molecule has 2 amide bonds. The minimum atomic E-state index is -0.425. The van der Waals surface area contributed by atoms with Crippen molar-refractivity contribution in [2.24, 2.45) is 22.5 Å². The van der Waals surface area contributed by atoms with E-state index in [2.05, 4.69) is 37.5 Å². The maximum absolute atomic E-state index is 13.0. The first-order valence-electron chi connectivity index (χ1n) is 16.0. The maximum Gasteiger partial charge on any atom is 0.244 e. The molecule has 3 aromatic rings. The number of imidazole rings is 1. The van der Waals surface area contributed by atoms with Gasteiger partial charge in [0.15, 0.2) is 5.69 Å². The monoisotopic (exact) mass is 723 g/mol. The van der Waals surface area contributed by atoms with Crippen LogP contribution in [0.1, 0.15) is 48.8 Å². The van der Waals surface area contributed by atoms with E-state index in [0.717, 1.165) is 56.6 Å². The van der Waals surface area contributed by atoms with Crippen LogP contribution in [-0.2, 0) is 19.1 Å². The Bertz CT molecular complexity index is 1640. The summed E-state index contributed by atoms with van der Waals surface area (Å²) in [4.78, 5) is 40.6. The van der Waals surface area contributed by atoms with Gasteiger partial charge in [0, 0.05) is 53.6 Å². The minimum absolute atomic E-state index is 0.250. The molecule has 0 aliphatic carbocycles. The molecule has 9 N–H and O–H groups in total. The third kappa shape index (κ3) is 12.7. The Morgan fingerprint density at radius 1 is 1.22 bits per heavy atom. The van der Waals surface area contributed by atoms with Crippen LogP contribution >= 0.6 is 11.6 Å². The van der Waals surface area contributed by atoms with Crippen molar-refractivity contribution in [3.63, 3.8) is 0 Å². The molecule has 2 aromatic carbocycles. The largest absolute Gasteiger partial charge is 0.497 e. The fraction of sp³-hybridized carbons (Fsp3) is 0.353. The predicted molar refractivity (Wildman–Crippen MR) is 199 cm³/mol. The fourth-order valence-electron chi connectivity index (χ4n) is 5.09. The van der Waals surface area contributed by atoms with Crippen molar-refractivity contribution >= 4 is 54.5 Å². The van der Waals surface area contributed by atoms with Gasteiger partial charge in [-0.05, 0) is 56.3 Å². The highest BCUT2D eigenvalue weighted by atomic mass is 35.5. The van der Waals surface area contributed by atoms with Gasteiger partial charge in [-0.1, -0.05) is 24.4 Å². The maximum atomic E-state index is 13.0. The molecule has 0 radical (unpaired) electrons. The van der Waals surface area contributed by atoms with E-state index < -0.39 is 6.04 Å². The van der Waals surface area contributed by atoms with Gasteiger partial charge in [0.25, 0.3) is 0 Å². The Morgan fingerprint density at radius 2 is 1.96 bits per heavy atom. The molecule has 0 saturated carbocycles. The lowest BCUT2D eigenvalue weighted by Crippen LogP contribution is -2.34. The van der Waals surface area contributed by atoms with E-state index in [9.17, 15) is 14.9 Å². The Labute approximate surface area is 302 Å². The number of methoxy groups -OCH3 is 1. The number of rotatable bonds is 7. The highest BCUT2D eigenvalue weighted by Gasteiger charge is 2.23. The Hall–Kier alpha value is -5.47. The number of hydrazone groups is 1. The number of ether oxygens (including phenoxy) is 2. The molecule has 0 unspecified atom stereocenters. The molecule has 274 valence electrons. The number of hydrogen-bond donors (Lipinski definition) is 6. The summed E-state index contributed by atoms with van der Waals surface area (Å²) in [5.74, 6) is 12.1. The van der Waals surface area contributed by atoms with E-state index in [4.69, 9.17) is 37.6 Å². The van der Waals surface area contributed by atoms with E-state index in [1.807, 2.05) is 25.0 Å². The number of carbonyl (C=O) groups excluding carboxylic acids is 3. The predicted octanol–water partition coefficient (Wildman–Crippen LogP) is 2.91. The summed E-state index contributed by atoms with van der Waals surface area (Å²) in [6.07, 6.45) is 8.53. The van der Waals surface area contributed by atoms with Gasteiger partial charge in [-0.2, -0.15) is 10.4 Å². The van der Waals surface area contributed by atoms with Gasteiger partial charge in [-0.15, -0.1) is 0 Å². The van der Waals surface area contributed by atoms with E-state index in [1.54, 1.807) is 36.3 Å². The third-order valence-corrected chi connectivity index (χ3v) is 7.76. The van der Waals surface area contributed by atoms with Crippen molar-refractivity contribution in [2.45, 2.75) is 31.7 Å². The summed E-state index contributed by atoms with van der Waals surface area (Å²) in [6, 6.07) is 12.4. The Morgan fingerprint density at radius 3 is 2.61 bits per heavy atom. The van der Waals surface area contributed by atoms with Gasteiger partial charge in [0.2, 0.25) is 12.3 Å². The zero-order valence-electron chi connectivity index (χ0n) is 28.8. The number of hydrogen-bond acceptors (Lipinski definition) is 12. The normalized spacial score (nSPS) is 15.3. The molecule has 1 saturated heterocycles. The van der Waals surface area contributed by atoms with Gasteiger partial charge >= 0.3 is 0 Å². The van der Waals surface area contributed by atoms with E-state index >= 15 is 0 Å². The highest BCUT2D eigenvalue weighted by molar-refractivity contribution is 6.30. The molecule has 17 heteroatoms. The number of hydrazine groups is 1. The third-order valence-electron chi connectivity index (χ3n) is 7.52. The summed E-state index contributed by atoms with van der Waals surface area (Å²) in [5, 5.41) is 21.5. The van der Waals surface area contributed by atoms with Gasteiger partial charge in [0.05, 0.1) is 37.7 Å². The lowest BCUT2D eigenvalue weighted by Gasteiger charge is -2.21. The number of benzene rings is 2. The van der Waals surface area contributed by atoms with E-state index in [1.165, 1.54) is 24.5 Å². The number of fused-ring (bicyclic) bond motifs is 4. The van der Waals surface area contributed by atoms with Crippen LogP contribution in [0.3, 0.4) is 0 Å². The number of nitriles is 1. The van der Waals surface area contributed by atoms with E-state index in [0.29, 0.717) is 53.2 Å². The number of nitrogens with one attached hydrogen (secondary N) is 3. The standard InChI is InChI=1S/C27H30ClN9O2.C5H9NO2.CH5N.CH2O/c1-39-19-8-9-20-22(14-19)32-12-4-2-3-5-21(27-35-23(15-29)26(20)36-27)34-25(38)11-6-17-13-18(28)7-10-24(17)37(31)16-33-30;7-5-6-1-3-8-4-2-6;2*1-2/h6-11,13-14,16,21,32H,2-5,12,30-31H2,1H3,(H,34,38)(H,35,36);5H,1-4H2;2H2,1H3;1H2/b11-6+,33-16-;;;/t21-;;;/m0.../s1. The second-order valence-corrected chi connectivity index (χ2v) is 11.1.